The van der Waals surface area contributed by atoms with Crippen molar-refractivity contribution >= 4 is 11.3 Å². The summed E-state index contributed by atoms with van der Waals surface area (Å²) in [5.41, 5.74) is 0.552. The second-order valence-corrected chi connectivity index (χ2v) is 8.97. The third-order valence-corrected chi connectivity index (χ3v) is 5.71. The maximum atomic E-state index is 3.74. The fourth-order valence-corrected chi connectivity index (χ4v) is 3.73. The molecule has 0 aromatic carbocycles. The molecule has 2 rings (SSSR count). The largest absolute Gasteiger partial charge is 0.310 e. The van der Waals surface area contributed by atoms with E-state index in [4.69, 9.17) is 0 Å². The average molecular weight is 295 g/mol. The van der Waals surface area contributed by atoms with Gasteiger partial charge in [0.05, 0.1) is 0 Å². The molecular formula is C17H30N2S. The van der Waals surface area contributed by atoms with E-state index in [9.17, 15) is 0 Å². The fourth-order valence-electron chi connectivity index (χ4n) is 2.76. The van der Waals surface area contributed by atoms with Crippen LogP contribution in [0.4, 0.5) is 0 Å². The van der Waals surface area contributed by atoms with Gasteiger partial charge in [0.15, 0.2) is 0 Å². The van der Waals surface area contributed by atoms with E-state index >= 15 is 0 Å². The molecule has 1 N–H and O–H groups in total. The van der Waals surface area contributed by atoms with Crippen LogP contribution in [0.3, 0.4) is 0 Å². The Morgan fingerprint density at radius 1 is 1.30 bits per heavy atom. The van der Waals surface area contributed by atoms with E-state index in [1.165, 1.54) is 9.75 Å². The van der Waals surface area contributed by atoms with Gasteiger partial charge < -0.3 is 5.32 Å². The minimum atomic E-state index is 0.234. The lowest BCUT2D eigenvalue weighted by molar-refractivity contribution is 0.0303. The highest BCUT2D eigenvalue weighted by atomic mass is 32.1. The second kappa shape index (κ2) is 5.78. The monoisotopic (exact) mass is 294 g/mol. The summed E-state index contributed by atoms with van der Waals surface area (Å²) in [6.07, 6.45) is 1.15. The van der Waals surface area contributed by atoms with Gasteiger partial charge in [0.25, 0.3) is 0 Å². The van der Waals surface area contributed by atoms with Gasteiger partial charge in [-0.05, 0) is 37.8 Å². The molecule has 1 atom stereocenters. The lowest BCUT2D eigenvalue weighted by atomic mass is 9.83. The molecule has 114 valence electrons. The quantitative estimate of drug-likeness (QED) is 0.909. The first-order chi connectivity index (χ1) is 9.22. The average Bonchev–Trinajstić information content (AvgIpc) is 2.78. The molecule has 2 nitrogen and oxygen atoms in total. The summed E-state index contributed by atoms with van der Waals surface area (Å²) in [6.45, 7) is 17.2. The molecule has 0 spiro atoms. The molecule has 1 aliphatic rings. The SMILES string of the molecule is CCc1ccc(CN2CC(C(C)(C)C)NCC2(C)C)s1. The molecule has 1 fully saturated rings. The van der Waals surface area contributed by atoms with E-state index in [0.717, 1.165) is 26.1 Å². The predicted octanol–water partition coefficient (Wildman–Crippen LogP) is 3.91. The maximum absolute atomic E-state index is 3.74. The lowest BCUT2D eigenvalue weighted by Gasteiger charge is -2.49. The molecule has 1 aromatic heterocycles. The Morgan fingerprint density at radius 2 is 1.95 bits per heavy atom. The van der Waals surface area contributed by atoms with Crippen molar-refractivity contribution in [1.82, 2.24) is 10.2 Å². The second-order valence-electron chi connectivity index (χ2n) is 7.71. The molecule has 0 saturated carbocycles. The van der Waals surface area contributed by atoms with E-state index in [-0.39, 0.29) is 5.54 Å². The highest BCUT2D eigenvalue weighted by Crippen LogP contribution is 2.30. The molecule has 1 unspecified atom stereocenters. The van der Waals surface area contributed by atoms with Crippen molar-refractivity contribution in [3.63, 3.8) is 0 Å². The van der Waals surface area contributed by atoms with E-state index in [2.05, 4.69) is 63.9 Å². The molecule has 0 aliphatic carbocycles. The van der Waals surface area contributed by atoms with Crippen molar-refractivity contribution in [2.24, 2.45) is 5.41 Å². The third-order valence-electron chi connectivity index (χ3n) is 4.50. The van der Waals surface area contributed by atoms with Crippen LogP contribution in [0.25, 0.3) is 0 Å². The molecule has 2 heterocycles. The molecule has 1 aromatic rings. The molecule has 20 heavy (non-hydrogen) atoms. The van der Waals surface area contributed by atoms with Crippen LogP contribution in [0, 0.1) is 5.41 Å². The molecule has 0 amide bonds. The first-order valence-corrected chi connectivity index (χ1v) is 8.60. The number of thiophene rings is 1. The number of nitrogens with zero attached hydrogens (tertiary/aromatic N) is 1. The highest BCUT2D eigenvalue weighted by Gasteiger charge is 2.38. The van der Waals surface area contributed by atoms with E-state index in [1.54, 1.807) is 0 Å². The minimum Gasteiger partial charge on any atom is -0.310 e. The number of aryl methyl sites for hydroxylation is 1. The first-order valence-electron chi connectivity index (χ1n) is 7.78. The van der Waals surface area contributed by atoms with Gasteiger partial charge in [0.2, 0.25) is 0 Å². The normalized spacial score (nSPS) is 24.0. The summed E-state index contributed by atoms with van der Waals surface area (Å²) in [7, 11) is 0. The molecular weight excluding hydrogens is 264 g/mol. The van der Waals surface area contributed by atoms with Crippen molar-refractivity contribution in [2.45, 2.75) is 66.1 Å². The fraction of sp³-hybridized carbons (Fsp3) is 0.765. The Kier molecular flexibility index (Phi) is 4.63. The smallest absolute Gasteiger partial charge is 0.0334 e. The molecule has 0 bridgehead atoms. The van der Waals surface area contributed by atoms with Crippen molar-refractivity contribution in [2.75, 3.05) is 13.1 Å². The molecule has 3 heteroatoms. The van der Waals surface area contributed by atoms with Gasteiger partial charge in [-0.15, -0.1) is 11.3 Å². The van der Waals surface area contributed by atoms with Gasteiger partial charge in [0.1, 0.15) is 0 Å². The lowest BCUT2D eigenvalue weighted by Crippen LogP contribution is -2.64. The molecule has 0 radical (unpaired) electrons. The van der Waals surface area contributed by atoms with Gasteiger partial charge in [0, 0.05) is 41.0 Å². The van der Waals surface area contributed by atoms with Gasteiger partial charge in [-0.2, -0.15) is 0 Å². The van der Waals surface area contributed by atoms with Gasteiger partial charge >= 0.3 is 0 Å². The van der Waals surface area contributed by atoms with Crippen LogP contribution in [-0.2, 0) is 13.0 Å². The van der Waals surface area contributed by atoms with Crippen molar-refractivity contribution in [3.8, 4) is 0 Å². The summed E-state index contributed by atoms with van der Waals surface area (Å²) >= 11 is 1.97. The summed E-state index contributed by atoms with van der Waals surface area (Å²) in [5, 5.41) is 3.74. The summed E-state index contributed by atoms with van der Waals surface area (Å²) in [4.78, 5) is 5.66. The standard InChI is InChI=1S/C17H30N2S/c1-7-13-8-9-14(20-13)10-19-11-15(16(2,3)4)18-12-17(19,5)6/h8-9,15,18H,7,10-12H2,1-6H3. The van der Waals surface area contributed by atoms with E-state index in [0.29, 0.717) is 11.5 Å². The Labute approximate surface area is 128 Å². The molecule has 1 aliphatic heterocycles. The zero-order valence-electron chi connectivity index (χ0n) is 13.9. The first kappa shape index (κ1) is 16.0. The topological polar surface area (TPSA) is 15.3 Å². The number of nitrogens with one attached hydrogen (secondary N) is 1. The molecule has 1 saturated heterocycles. The third kappa shape index (κ3) is 3.63. The zero-order valence-corrected chi connectivity index (χ0v) is 14.7. The highest BCUT2D eigenvalue weighted by molar-refractivity contribution is 7.11. The van der Waals surface area contributed by atoms with E-state index in [1.807, 2.05) is 11.3 Å². The zero-order chi connectivity index (χ0) is 15.0. The van der Waals surface area contributed by atoms with E-state index < -0.39 is 0 Å². The van der Waals surface area contributed by atoms with Crippen LogP contribution in [-0.4, -0.2) is 29.6 Å². The van der Waals surface area contributed by atoms with Crippen LogP contribution in [0.1, 0.15) is 51.3 Å². The Balaban J connectivity index is 2.09. The van der Waals surface area contributed by atoms with Crippen LogP contribution in [0.5, 0.6) is 0 Å². The van der Waals surface area contributed by atoms with Crippen LogP contribution >= 0.6 is 11.3 Å². The number of piperazine rings is 1. The van der Waals surface area contributed by atoms with Crippen LogP contribution < -0.4 is 5.32 Å². The Morgan fingerprint density at radius 3 is 2.50 bits per heavy atom. The van der Waals surface area contributed by atoms with Crippen molar-refractivity contribution in [3.05, 3.63) is 21.9 Å². The van der Waals surface area contributed by atoms with Crippen molar-refractivity contribution < 1.29 is 0 Å². The summed E-state index contributed by atoms with van der Waals surface area (Å²) in [5.74, 6) is 0. The summed E-state index contributed by atoms with van der Waals surface area (Å²) in [6, 6.07) is 5.17. The summed E-state index contributed by atoms with van der Waals surface area (Å²) < 4.78 is 0. The minimum absolute atomic E-state index is 0.234. The Hall–Kier alpha value is -0.380. The number of hydrogen-bond acceptors (Lipinski definition) is 3. The van der Waals surface area contributed by atoms with Gasteiger partial charge in [-0.3, -0.25) is 4.90 Å². The number of hydrogen-bond donors (Lipinski definition) is 1. The number of rotatable bonds is 3. The Bertz CT molecular complexity index is 442. The van der Waals surface area contributed by atoms with Crippen LogP contribution in [0.15, 0.2) is 12.1 Å². The predicted molar refractivity (Wildman–Crippen MR) is 89.4 cm³/mol. The van der Waals surface area contributed by atoms with Gasteiger partial charge in [-0.25, -0.2) is 0 Å². The van der Waals surface area contributed by atoms with Crippen molar-refractivity contribution in [1.29, 1.82) is 0 Å². The van der Waals surface area contributed by atoms with Crippen LogP contribution in [0.2, 0.25) is 0 Å². The maximum Gasteiger partial charge on any atom is 0.0334 e. The van der Waals surface area contributed by atoms with Gasteiger partial charge in [-0.1, -0.05) is 27.7 Å².